The maximum absolute atomic E-state index is 12.2. The fraction of sp³-hybridized carbons (Fsp3) is 0.758. The minimum absolute atomic E-state index is 0.428. The Morgan fingerprint density at radius 1 is 0.410 bits per heavy atom. The zero-order valence-electron chi connectivity index (χ0n) is 24.7. The van der Waals surface area contributed by atoms with Crippen molar-refractivity contribution >= 4 is 23.6 Å². The van der Waals surface area contributed by atoms with Gasteiger partial charge in [-0.15, -0.1) is 0 Å². The molecule has 39 heavy (non-hydrogen) atoms. The van der Waals surface area contributed by atoms with Gasteiger partial charge in [0.15, 0.2) is 0 Å². The van der Waals surface area contributed by atoms with Gasteiger partial charge in [0.05, 0.1) is 0 Å². The summed E-state index contributed by atoms with van der Waals surface area (Å²) in [4.78, 5) is 50.8. The van der Waals surface area contributed by atoms with Crippen LogP contribution in [0.2, 0.25) is 0 Å². The molecule has 0 unspecified atom stereocenters. The highest BCUT2D eigenvalue weighted by Gasteiger charge is 2.40. The Morgan fingerprint density at radius 3 is 0.897 bits per heavy atom. The van der Waals surface area contributed by atoms with Gasteiger partial charge >= 0.3 is 0 Å². The monoisotopic (exact) mass is 542 g/mol. The van der Waals surface area contributed by atoms with E-state index >= 15 is 0 Å². The molecule has 2 rings (SSSR count). The Kier molecular flexibility index (Phi) is 17.4. The molecule has 0 radical (unpaired) electrons. The van der Waals surface area contributed by atoms with Crippen LogP contribution in [0.3, 0.4) is 0 Å². The smallest absolute Gasteiger partial charge is 0.255 e. The van der Waals surface area contributed by atoms with Crippen LogP contribution in [0.4, 0.5) is 0 Å². The second-order valence-corrected chi connectivity index (χ2v) is 11.5. The number of hydrogen-bond acceptors (Lipinski definition) is 4. The van der Waals surface area contributed by atoms with Gasteiger partial charge in [0.25, 0.3) is 23.6 Å². The first kappa shape index (κ1) is 33.0. The fourth-order valence-electron chi connectivity index (χ4n) is 5.72. The van der Waals surface area contributed by atoms with Gasteiger partial charge in [0, 0.05) is 24.3 Å². The average molecular weight is 543 g/mol. The third kappa shape index (κ3) is 13.1. The van der Waals surface area contributed by atoms with Crippen molar-refractivity contribution < 1.29 is 19.2 Å². The standard InChI is InChI=1S/C33H54N2O4/c1-2-3-4-5-6-7-8-9-10-11-12-13-14-15-16-17-18-19-20-21-22-23-24-29(34-30(36)25-26-31(34)37)35-32(38)27-28-33(35)39/h25-29H,2-24H2,1H3. The second-order valence-electron chi connectivity index (χ2n) is 11.5. The third-order valence-corrected chi connectivity index (χ3v) is 8.10. The summed E-state index contributed by atoms with van der Waals surface area (Å²) in [7, 11) is 0. The van der Waals surface area contributed by atoms with E-state index in [0.717, 1.165) is 29.1 Å². The normalized spacial score (nSPS) is 15.2. The molecule has 0 N–H and O–H groups in total. The molecule has 0 aromatic carbocycles. The molecule has 6 heteroatoms. The lowest BCUT2D eigenvalue weighted by Crippen LogP contribution is -2.53. The van der Waals surface area contributed by atoms with E-state index in [1.165, 1.54) is 146 Å². The number of carbonyl (C=O) groups is 4. The van der Waals surface area contributed by atoms with Crippen LogP contribution in [0.25, 0.3) is 0 Å². The van der Waals surface area contributed by atoms with E-state index in [2.05, 4.69) is 6.92 Å². The summed E-state index contributed by atoms with van der Waals surface area (Å²) in [5.41, 5.74) is 0. The van der Waals surface area contributed by atoms with Gasteiger partial charge in [0.2, 0.25) is 0 Å². The summed E-state index contributed by atoms with van der Waals surface area (Å²) in [6.45, 7) is 2.28. The molecule has 0 atom stereocenters. The predicted molar refractivity (Wildman–Crippen MR) is 158 cm³/mol. The van der Waals surface area contributed by atoms with Crippen LogP contribution in [0.5, 0.6) is 0 Å². The summed E-state index contributed by atoms with van der Waals surface area (Å²) in [5.74, 6) is -1.85. The number of unbranched alkanes of at least 4 members (excludes halogenated alkanes) is 21. The van der Waals surface area contributed by atoms with Gasteiger partial charge in [-0.1, -0.05) is 142 Å². The van der Waals surface area contributed by atoms with Crippen LogP contribution < -0.4 is 0 Å². The molecule has 0 fully saturated rings. The topological polar surface area (TPSA) is 74.8 Å². The molecule has 4 amide bonds. The first-order valence-corrected chi connectivity index (χ1v) is 16.2. The maximum atomic E-state index is 12.2. The number of nitrogens with zero attached hydrogens (tertiary/aromatic N) is 2. The first-order chi connectivity index (χ1) is 19.1. The highest BCUT2D eigenvalue weighted by molar-refractivity contribution is 6.16. The highest BCUT2D eigenvalue weighted by atomic mass is 16.2. The van der Waals surface area contributed by atoms with Crippen molar-refractivity contribution in [2.45, 2.75) is 161 Å². The van der Waals surface area contributed by atoms with Crippen LogP contribution in [-0.4, -0.2) is 39.6 Å². The van der Waals surface area contributed by atoms with Gasteiger partial charge in [-0.2, -0.15) is 0 Å². The van der Waals surface area contributed by atoms with Crippen LogP contribution >= 0.6 is 0 Å². The van der Waals surface area contributed by atoms with Crippen molar-refractivity contribution in [1.29, 1.82) is 0 Å². The fourth-order valence-corrected chi connectivity index (χ4v) is 5.72. The van der Waals surface area contributed by atoms with Crippen molar-refractivity contribution in [1.82, 2.24) is 9.80 Å². The molecule has 0 bridgehead atoms. The van der Waals surface area contributed by atoms with Crippen LogP contribution in [0.15, 0.2) is 24.3 Å². The second kappa shape index (κ2) is 20.6. The van der Waals surface area contributed by atoms with E-state index in [-0.39, 0.29) is 0 Å². The molecule has 0 aliphatic carbocycles. The first-order valence-electron chi connectivity index (χ1n) is 16.2. The largest absolute Gasteiger partial charge is 0.269 e. The number of rotatable bonds is 25. The summed E-state index contributed by atoms with van der Waals surface area (Å²) in [6, 6.07) is 0. The number of carbonyl (C=O) groups excluding carboxylic acids is 4. The Bertz CT molecular complexity index is 726. The Morgan fingerprint density at radius 2 is 0.641 bits per heavy atom. The number of imide groups is 2. The van der Waals surface area contributed by atoms with Gasteiger partial charge in [-0.3, -0.25) is 29.0 Å². The summed E-state index contributed by atoms with van der Waals surface area (Å²) in [6.07, 6.45) is 33.3. The SMILES string of the molecule is CCCCCCCCCCCCCCCCCCCCCCCCC(N1C(=O)C=CC1=O)N1C(=O)C=CC1=O. The minimum Gasteiger partial charge on any atom is -0.269 e. The Hall–Kier alpha value is -2.24. The summed E-state index contributed by atoms with van der Waals surface area (Å²) < 4.78 is 0. The number of amides is 4. The molecule has 0 spiro atoms. The van der Waals surface area contributed by atoms with Crippen molar-refractivity contribution in [3.05, 3.63) is 24.3 Å². The lowest BCUT2D eigenvalue weighted by Gasteiger charge is -2.32. The zero-order valence-corrected chi connectivity index (χ0v) is 24.7. The molecule has 0 aromatic heterocycles. The van der Waals surface area contributed by atoms with Gasteiger partial charge in [0.1, 0.15) is 6.17 Å². The van der Waals surface area contributed by atoms with Crippen molar-refractivity contribution in [3.8, 4) is 0 Å². The molecule has 6 nitrogen and oxygen atoms in total. The minimum atomic E-state index is -0.833. The molecule has 2 aliphatic rings. The van der Waals surface area contributed by atoms with Crippen LogP contribution in [0.1, 0.15) is 155 Å². The van der Waals surface area contributed by atoms with E-state index in [9.17, 15) is 19.2 Å². The molecule has 220 valence electrons. The zero-order chi connectivity index (χ0) is 28.1. The van der Waals surface area contributed by atoms with E-state index in [1.807, 2.05) is 0 Å². The molecule has 0 saturated heterocycles. The van der Waals surface area contributed by atoms with E-state index in [0.29, 0.717) is 6.42 Å². The predicted octanol–water partition coefficient (Wildman–Crippen LogP) is 8.15. The van der Waals surface area contributed by atoms with Crippen LogP contribution in [-0.2, 0) is 19.2 Å². The Labute approximate surface area is 237 Å². The lowest BCUT2D eigenvalue weighted by atomic mass is 10.0. The molecular formula is C33H54N2O4. The van der Waals surface area contributed by atoms with E-state index < -0.39 is 29.8 Å². The summed E-state index contributed by atoms with van der Waals surface area (Å²) >= 11 is 0. The Balaban J connectivity index is 1.39. The molecule has 2 aliphatic heterocycles. The number of hydrogen-bond donors (Lipinski definition) is 0. The highest BCUT2D eigenvalue weighted by Crippen LogP contribution is 2.23. The summed E-state index contributed by atoms with van der Waals surface area (Å²) in [5, 5.41) is 0. The quantitative estimate of drug-likeness (QED) is 0.0861. The van der Waals surface area contributed by atoms with Gasteiger partial charge in [-0.05, 0) is 12.8 Å². The van der Waals surface area contributed by atoms with E-state index in [1.54, 1.807) is 0 Å². The molecular weight excluding hydrogens is 488 g/mol. The van der Waals surface area contributed by atoms with Gasteiger partial charge < -0.3 is 0 Å². The van der Waals surface area contributed by atoms with Crippen molar-refractivity contribution in [2.75, 3.05) is 0 Å². The lowest BCUT2D eigenvalue weighted by molar-refractivity contribution is -0.152. The molecule has 2 heterocycles. The van der Waals surface area contributed by atoms with Gasteiger partial charge in [-0.25, -0.2) is 0 Å². The van der Waals surface area contributed by atoms with Crippen molar-refractivity contribution in [2.24, 2.45) is 0 Å². The third-order valence-electron chi connectivity index (χ3n) is 8.10. The maximum Gasteiger partial charge on any atom is 0.255 e. The average Bonchev–Trinajstić information content (AvgIpc) is 3.44. The van der Waals surface area contributed by atoms with Crippen molar-refractivity contribution in [3.63, 3.8) is 0 Å². The van der Waals surface area contributed by atoms with Crippen LogP contribution in [0, 0.1) is 0 Å². The molecule has 0 aromatic rings. The molecule has 0 saturated carbocycles. The van der Waals surface area contributed by atoms with E-state index in [4.69, 9.17) is 0 Å².